The van der Waals surface area contributed by atoms with Gasteiger partial charge >= 0.3 is 5.97 Å². The third kappa shape index (κ3) is 1.23. The van der Waals surface area contributed by atoms with Crippen LogP contribution in [0.4, 0.5) is 0 Å². The molecule has 1 heterocycles. The summed E-state index contributed by atoms with van der Waals surface area (Å²) in [5.74, 6) is -1.01. The van der Waals surface area contributed by atoms with Crippen molar-refractivity contribution in [2.75, 3.05) is 0 Å². The van der Waals surface area contributed by atoms with Crippen molar-refractivity contribution in [3.8, 4) is 0 Å². The predicted octanol–water partition coefficient (Wildman–Crippen LogP) is 0.412. The summed E-state index contributed by atoms with van der Waals surface area (Å²) in [7, 11) is 0. The summed E-state index contributed by atoms with van der Waals surface area (Å²) in [6, 6.07) is -0.604. The molecule has 1 atom stereocenters. The first-order valence-electron chi connectivity index (χ1n) is 2.83. The van der Waals surface area contributed by atoms with E-state index in [4.69, 9.17) is 5.11 Å². The third-order valence-corrected chi connectivity index (χ3v) is 2.64. The highest BCUT2D eigenvalue weighted by Crippen LogP contribution is 2.22. The van der Waals surface area contributed by atoms with E-state index in [2.05, 4.69) is 0 Å². The largest absolute Gasteiger partial charge is 0.480 e. The minimum Gasteiger partial charge on any atom is -0.480 e. The number of halogens is 1. The Morgan fingerprint density at radius 2 is 2.40 bits per heavy atom. The number of carboxylic acids is 1. The van der Waals surface area contributed by atoms with Crippen LogP contribution in [-0.2, 0) is 9.59 Å². The quantitative estimate of drug-likeness (QED) is 0.545. The molecule has 0 radical (unpaired) electrons. The molecule has 0 aromatic heterocycles. The van der Waals surface area contributed by atoms with Gasteiger partial charge in [-0.2, -0.15) is 0 Å². The van der Waals surface area contributed by atoms with Crippen LogP contribution in [-0.4, -0.2) is 26.1 Å². The summed E-state index contributed by atoms with van der Waals surface area (Å²) >= 11 is 1.74. The first-order chi connectivity index (χ1) is 4.63. The third-order valence-electron chi connectivity index (χ3n) is 1.43. The van der Waals surface area contributed by atoms with Gasteiger partial charge in [0.1, 0.15) is 6.04 Å². The summed E-state index contributed by atoms with van der Waals surface area (Å²) in [5.41, 5.74) is 0. The summed E-state index contributed by atoms with van der Waals surface area (Å²) in [6.07, 6.45) is 0.803. The van der Waals surface area contributed by atoms with Crippen molar-refractivity contribution in [2.45, 2.75) is 18.9 Å². The predicted molar refractivity (Wildman–Crippen MR) is 41.5 cm³/mol. The molecule has 1 saturated heterocycles. The molecule has 56 valence electrons. The van der Waals surface area contributed by atoms with Crippen LogP contribution < -0.4 is 0 Å². The second kappa shape index (κ2) is 2.73. The number of hydrogen-bond donors (Lipinski definition) is 1. The van der Waals surface area contributed by atoms with Crippen molar-refractivity contribution in [3.05, 3.63) is 0 Å². The molecular weight excluding hydrogens is 249 g/mol. The number of carbonyl (C=O) groups excluding carboxylic acids is 1. The number of rotatable bonds is 1. The van der Waals surface area contributed by atoms with Crippen molar-refractivity contribution in [3.63, 3.8) is 0 Å². The van der Waals surface area contributed by atoms with Gasteiger partial charge in [0.2, 0.25) is 5.91 Å². The summed E-state index contributed by atoms with van der Waals surface area (Å²) < 4.78 is 1.25. The van der Waals surface area contributed by atoms with Gasteiger partial charge in [-0.25, -0.2) is 4.79 Å². The zero-order valence-corrected chi connectivity index (χ0v) is 7.24. The second-order valence-corrected chi connectivity index (χ2v) is 3.14. The maximum Gasteiger partial charge on any atom is 0.327 e. The van der Waals surface area contributed by atoms with E-state index in [9.17, 15) is 9.59 Å². The molecule has 0 bridgehead atoms. The zero-order chi connectivity index (χ0) is 7.72. The minimum absolute atomic E-state index is 0.0898. The van der Waals surface area contributed by atoms with Crippen LogP contribution in [0.15, 0.2) is 0 Å². The van der Waals surface area contributed by atoms with Crippen LogP contribution in [0.2, 0.25) is 0 Å². The normalized spacial score (nSPS) is 25.5. The number of nitrogens with zero attached hydrogens (tertiary/aromatic N) is 1. The fourth-order valence-corrected chi connectivity index (χ4v) is 1.63. The Hall–Kier alpha value is -0.330. The minimum atomic E-state index is -0.916. The summed E-state index contributed by atoms with van der Waals surface area (Å²) in [4.78, 5) is 21.1. The van der Waals surface area contributed by atoms with Gasteiger partial charge in [0, 0.05) is 6.42 Å². The van der Waals surface area contributed by atoms with Crippen LogP contribution in [0.5, 0.6) is 0 Å². The molecule has 5 heteroatoms. The molecule has 0 aromatic carbocycles. The lowest BCUT2D eigenvalue weighted by atomic mass is 10.2. The topological polar surface area (TPSA) is 57.6 Å². The standard InChI is InChI=1S/C5H6INO3/c6-7-3(5(9)10)1-2-4(7)8/h3H,1-2H2,(H,9,10)/t3-/m1/s1. The Bertz CT molecular complexity index is 182. The van der Waals surface area contributed by atoms with Crippen LogP contribution in [0, 0.1) is 0 Å². The monoisotopic (exact) mass is 255 g/mol. The van der Waals surface area contributed by atoms with Crippen LogP contribution in [0.25, 0.3) is 0 Å². The molecule has 4 nitrogen and oxygen atoms in total. The van der Waals surface area contributed by atoms with Gasteiger partial charge < -0.3 is 5.11 Å². The Balaban J connectivity index is 2.66. The molecule has 1 aliphatic heterocycles. The van der Waals surface area contributed by atoms with E-state index in [1.807, 2.05) is 0 Å². The van der Waals surface area contributed by atoms with E-state index < -0.39 is 12.0 Å². The number of aliphatic carboxylic acids is 1. The van der Waals surface area contributed by atoms with Gasteiger partial charge in [0.25, 0.3) is 0 Å². The van der Waals surface area contributed by atoms with E-state index >= 15 is 0 Å². The van der Waals surface area contributed by atoms with Crippen LogP contribution in [0.3, 0.4) is 0 Å². The molecule has 0 saturated carbocycles. The van der Waals surface area contributed by atoms with E-state index in [1.54, 1.807) is 22.9 Å². The first kappa shape index (κ1) is 7.77. The van der Waals surface area contributed by atoms with Gasteiger partial charge in [0.15, 0.2) is 0 Å². The highest BCUT2D eigenvalue weighted by atomic mass is 127. The number of carboxylic acid groups (broad SMARTS) is 1. The van der Waals surface area contributed by atoms with Crippen molar-refractivity contribution in [1.82, 2.24) is 3.11 Å². The van der Waals surface area contributed by atoms with Crippen LogP contribution in [0.1, 0.15) is 12.8 Å². The lowest BCUT2D eigenvalue weighted by Crippen LogP contribution is -2.30. The first-order valence-corrected chi connectivity index (χ1v) is 3.80. The van der Waals surface area contributed by atoms with E-state index in [0.29, 0.717) is 12.8 Å². The highest BCUT2D eigenvalue weighted by Gasteiger charge is 2.34. The van der Waals surface area contributed by atoms with Gasteiger partial charge in [-0.1, -0.05) is 0 Å². The molecule has 0 spiro atoms. The Kier molecular flexibility index (Phi) is 2.12. The zero-order valence-electron chi connectivity index (χ0n) is 5.08. The van der Waals surface area contributed by atoms with Gasteiger partial charge in [0.05, 0.1) is 22.9 Å². The molecule has 1 amide bonds. The number of carbonyl (C=O) groups is 2. The van der Waals surface area contributed by atoms with Crippen molar-refractivity contribution in [2.24, 2.45) is 0 Å². The lowest BCUT2D eigenvalue weighted by molar-refractivity contribution is -0.142. The van der Waals surface area contributed by atoms with E-state index in [1.165, 1.54) is 3.11 Å². The molecule has 1 N–H and O–H groups in total. The van der Waals surface area contributed by atoms with E-state index in [0.717, 1.165) is 0 Å². The number of hydrogen-bond acceptors (Lipinski definition) is 2. The van der Waals surface area contributed by atoms with E-state index in [-0.39, 0.29) is 5.91 Å². The molecule has 1 rings (SSSR count). The fraction of sp³-hybridized carbons (Fsp3) is 0.600. The Morgan fingerprint density at radius 3 is 2.60 bits per heavy atom. The average Bonchev–Trinajstić information content (AvgIpc) is 2.14. The molecule has 10 heavy (non-hydrogen) atoms. The highest BCUT2D eigenvalue weighted by molar-refractivity contribution is 14.1. The molecule has 0 unspecified atom stereocenters. The lowest BCUT2D eigenvalue weighted by Gasteiger charge is -2.11. The SMILES string of the molecule is O=C(O)[C@H]1CCC(=O)N1I. The average molecular weight is 255 g/mol. The molecular formula is C5H6INO3. The van der Waals surface area contributed by atoms with Crippen molar-refractivity contribution >= 4 is 34.7 Å². The van der Waals surface area contributed by atoms with Gasteiger partial charge in [-0.05, 0) is 6.42 Å². The fourth-order valence-electron chi connectivity index (χ4n) is 0.875. The smallest absolute Gasteiger partial charge is 0.327 e. The van der Waals surface area contributed by atoms with Crippen molar-refractivity contribution < 1.29 is 14.7 Å². The van der Waals surface area contributed by atoms with Gasteiger partial charge in [-0.3, -0.25) is 7.91 Å². The maximum atomic E-state index is 10.7. The molecule has 0 aliphatic carbocycles. The summed E-state index contributed by atoms with van der Waals surface area (Å²) in [6.45, 7) is 0. The molecule has 1 fully saturated rings. The summed E-state index contributed by atoms with van der Waals surface area (Å²) in [5, 5.41) is 8.50. The van der Waals surface area contributed by atoms with Crippen LogP contribution >= 0.6 is 22.9 Å². The maximum absolute atomic E-state index is 10.7. The molecule has 0 aromatic rings. The van der Waals surface area contributed by atoms with Gasteiger partial charge in [-0.15, -0.1) is 0 Å². The Morgan fingerprint density at radius 1 is 1.80 bits per heavy atom. The van der Waals surface area contributed by atoms with Crippen molar-refractivity contribution in [1.29, 1.82) is 0 Å². The second-order valence-electron chi connectivity index (χ2n) is 2.10. The Labute approximate surface area is 71.7 Å². The number of amides is 1. The molecule has 1 aliphatic rings.